The predicted octanol–water partition coefficient (Wildman–Crippen LogP) is 2.58. The second-order valence-electron chi connectivity index (χ2n) is 7.59. The van der Waals surface area contributed by atoms with Gasteiger partial charge in [-0.1, -0.05) is 36.4 Å². The Morgan fingerprint density at radius 1 is 1.03 bits per heavy atom. The molecule has 1 fully saturated rings. The molecule has 0 aliphatic carbocycles. The Labute approximate surface area is 181 Å². The molecular formula is C24H26N4O3. The van der Waals surface area contributed by atoms with E-state index in [1.165, 1.54) is 22.5 Å². The minimum Gasteiger partial charge on any atom is -0.492 e. The number of ether oxygens (including phenoxy) is 1. The quantitative estimate of drug-likeness (QED) is 0.609. The second kappa shape index (κ2) is 9.93. The minimum absolute atomic E-state index is 0.234. The van der Waals surface area contributed by atoms with E-state index in [1.807, 2.05) is 48.5 Å². The van der Waals surface area contributed by atoms with E-state index in [9.17, 15) is 9.59 Å². The number of anilines is 1. The summed E-state index contributed by atoms with van der Waals surface area (Å²) >= 11 is 0. The van der Waals surface area contributed by atoms with Gasteiger partial charge in [0.25, 0.3) is 11.5 Å². The van der Waals surface area contributed by atoms with Crippen molar-refractivity contribution in [3.05, 3.63) is 88.8 Å². The van der Waals surface area contributed by atoms with Crippen LogP contribution in [0.25, 0.3) is 0 Å². The van der Waals surface area contributed by atoms with Crippen LogP contribution in [-0.4, -0.2) is 41.9 Å². The van der Waals surface area contributed by atoms with E-state index in [0.29, 0.717) is 19.1 Å². The van der Waals surface area contributed by atoms with Crippen molar-refractivity contribution in [2.45, 2.75) is 13.0 Å². The van der Waals surface area contributed by atoms with Crippen LogP contribution in [0.1, 0.15) is 16.9 Å². The fraction of sp³-hybridized carbons (Fsp3) is 0.292. The molecule has 7 heteroatoms. The highest BCUT2D eigenvalue weighted by molar-refractivity contribution is 5.92. The average molecular weight is 418 g/mol. The summed E-state index contributed by atoms with van der Waals surface area (Å²) in [5, 5.41) is 7.18. The van der Waals surface area contributed by atoms with E-state index in [4.69, 9.17) is 4.74 Å². The van der Waals surface area contributed by atoms with Crippen molar-refractivity contribution in [1.82, 2.24) is 15.1 Å². The molecule has 1 unspecified atom stereocenters. The average Bonchev–Trinajstić information content (AvgIpc) is 3.29. The normalized spacial score (nSPS) is 15.6. The summed E-state index contributed by atoms with van der Waals surface area (Å²) in [6.45, 7) is 3.03. The zero-order valence-electron chi connectivity index (χ0n) is 17.3. The monoisotopic (exact) mass is 418 g/mol. The van der Waals surface area contributed by atoms with Gasteiger partial charge in [0.15, 0.2) is 0 Å². The van der Waals surface area contributed by atoms with Crippen LogP contribution in [0, 0.1) is 5.92 Å². The molecule has 3 aromatic rings. The number of hydrogen-bond acceptors (Lipinski definition) is 5. The first-order chi connectivity index (χ1) is 15.2. The number of nitrogens with one attached hydrogen (secondary N) is 1. The van der Waals surface area contributed by atoms with Crippen LogP contribution in [0.3, 0.4) is 0 Å². The number of para-hydroxylation sites is 2. The van der Waals surface area contributed by atoms with Crippen molar-refractivity contribution >= 4 is 11.6 Å². The van der Waals surface area contributed by atoms with Gasteiger partial charge in [-0.05, 0) is 42.7 Å². The van der Waals surface area contributed by atoms with Crippen LogP contribution in [-0.2, 0) is 6.54 Å². The molecule has 7 nitrogen and oxygen atoms in total. The summed E-state index contributed by atoms with van der Waals surface area (Å²) < 4.78 is 6.89. The highest BCUT2D eigenvalue weighted by atomic mass is 16.5. The van der Waals surface area contributed by atoms with Gasteiger partial charge in [-0.25, -0.2) is 4.68 Å². The summed E-state index contributed by atoms with van der Waals surface area (Å²) in [6, 6.07) is 22.5. The largest absolute Gasteiger partial charge is 0.492 e. The number of rotatable bonds is 8. The third kappa shape index (κ3) is 5.51. The van der Waals surface area contributed by atoms with Gasteiger partial charge in [-0.15, -0.1) is 0 Å². The summed E-state index contributed by atoms with van der Waals surface area (Å²) in [7, 11) is 0. The fourth-order valence-electron chi connectivity index (χ4n) is 3.70. The summed E-state index contributed by atoms with van der Waals surface area (Å²) in [5.41, 5.74) is 1.18. The van der Waals surface area contributed by atoms with Crippen LogP contribution in [0.2, 0.25) is 0 Å². The van der Waals surface area contributed by atoms with E-state index in [0.717, 1.165) is 25.3 Å². The summed E-state index contributed by atoms with van der Waals surface area (Å²) in [5.74, 6) is 0.843. The van der Waals surface area contributed by atoms with E-state index in [1.54, 1.807) is 0 Å². The van der Waals surface area contributed by atoms with Crippen LogP contribution < -0.4 is 20.5 Å². The van der Waals surface area contributed by atoms with Crippen molar-refractivity contribution in [2.24, 2.45) is 5.92 Å². The molecule has 1 aliphatic heterocycles. The Kier molecular flexibility index (Phi) is 6.62. The fourth-order valence-corrected chi connectivity index (χ4v) is 3.70. The highest BCUT2D eigenvalue weighted by Crippen LogP contribution is 2.22. The second-order valence-corrected chi connectivity index (χ2v) is 7.59. The lowest BCUT2D eigenvalue weighted by Crippen LogP contribution is -2.34. The molecule has 1 atom stereocenters. The lowest BCUT2D eigenvalue weighted by Gasteiger charge is -2.18. The molecule has 1 aliphatic rings. The minimum atomic E-state index is -0.268. The third-order valence-electron chi connectivity index (χ3n) is 5.37. The number of carbonyl (C=O) groups excluding carboxylic acids is 1. The van der Waals surface area contributed by atoms with Gasteiger partial charge in [0.05, 0.1) is 6.54 Å². The molecule has 2 aromatic carbocycles. The van der Waals surface area contributed by atoms with Crippen LogP contribution in [0.15, 0.2) is 77.6 Å². The third-order valence-corrected chi connectivity index (χ3v) is 5.37. The SMILES string of the molecule is O=C(NCC1CCN(c2ccccc2)C1)c1ccc(=O)n(CCOc2ccccc2)n1. The molecule has 2 heterocycles. The summed E-state index contributed by atoms with van der Waals surface area (Å²) in [6.07, 6.45) is 1.03. The van der Waals surface area contributed by atoms with E-state index < -0.39 is 0 Å². The highest BCUT2D eigenvalue weighted by Gasteiger charge is 2.23. The maximum Gasteiger partial charge on any atom is 0.271 e. The summed E-state index contributed by atoms with van der Waals surface area (Å²) in [4.78, 5) is 27.0. The number of amides is 1. The van der Waals surface area contributed by atoms with Crippen molar-refractivity contribution in [3.8, 4) is 5.75 Å². The molecule has 1 amide bonds. The number of aromatic nitrogens is 2. The Balaban J connectivity index is 1.28. The van der Waals surface area contributed by atoms with Crippen molar-refractivity contribution in [2.75, 3.05) is 31.1 Å². The maximum atomic E-state index is 12.6. The molecular weight excluding hydrogens is 392 g/mol. The van der Waals surface area contributed by atoms with Gasteiger partial charge < -0.3 is 15.0 Å². The molecule has 1 N–H and O–H groups in total. The Bertz CT molecular complexity index is 1050. The molecule has 0 saturated carbocycles. The number of carbonyl (C=O) groups is 1. The van der Waals surface area contributed by atoms with E-state index in [-0.39, 0.29) is 23.7 Å². The molecule has 31 heavy (non-hydrogen) atoms. The standard InChI is InChI=1S/C24H26N4O3/c29-23-12-11-22(26-28(23)15-16-31-21-9-5-2-6-10-21)24(30)25-17-19-13-14-27(18-19)20-7-3-1-4-8-20/h1-12,19H,13-18H2,(H,25,30). The molecule has 0 bridgehead atoms. The molecule has 160 valence electrons. The Morgan fingerprint density at radius 2 is 1.77 bits per heavy atom. The maximum absolute atomic E-state index is 12.6. The van der Waals surface area contributed by atoms with Gasteiger partial charge in [-0.2, -0.15) is 5.10 Å². The van der Waals surface area contributed by atoms with Crippen LogP contribution >= 0.6 is 0 Å². The topological polar surface area (TPSA) is 76.5 Å². The Morgan fingerprint density at radius 3 is 2.55 bits per heavy atom. The van der Waals surface area contributed by atoms with Gasteiger partial charge in [0, 0.05) is 31.4 Å². The van der Waals surface area contributed by atoms with E-state index in [2.05, 4.69) is 27.4 Å². The van der Waals surface area contributed by atoms with Gasteiger partial charge in [0.2, 0.25) is 0 Å². The molecule has 0 radical (unpaired) electrons. The zero-order valence-corrected chi connectivity index (χ0v) is 17.3. The first-order valence-electron chi connectivity index (χ1n) is 10.5. The van der Waals surface area contributed by atoms with Crippen LogP contribution in [0.4, 0.5) is 5.69 Å². The first-order valence-corrected chi connectivity index (χ1v) is 10.5. The van der Waals surface area contributed by atoms with Crippen molar-refractivity contribution < 1.29 is 9.53 Å². The van der Waals surface area contributed by atoms with Crippen molar-refractivity contribution in [1.29, 1.82) is 0 Å². The first kappa shape index (κ1) is 20.7. The molecule has 1 saturated heterocycles. The van der Waals surface area contributed by atoms with Gasteiger partial charge in [-0.3, -0.25) is 9.59 Å². The number of benzene rings is 2. The van der Waals surface area contributed by atoms with Gasteiger partial charge in [0.1, 0.15) is 18.1 Å². The lowest BCUT2D eigenvalue weighted by atomic mass is 10.1. The van der Waals surface area contributed by atoms with Gasteiger partial charge >= 0.3 is 0 Å². The molecule has 1 aromatic heterocycles. The lowest BCUT2D eigenvalue weighted by molar-refractivity contribution is 0.0940. The zero-order chi connectivity index (χ0) is 21.5. The smallest absolute Gasteiger partial charge is 0.271 e. The van der Waals surface area contributed by atoms with Crippen LogP contribution in [0.5, 0.6) is 5.75 Å². The Hall–Kier alpha value is -3.61. The molecule has 4 rings (SSSR count). The van der Waals surface area contributed by atoms with Crippen molar-refractivity contribution in [3.63, 3.8) is 0 Å². The predicted molar refractivity (Wildman–Crippen MR) is 120 cm³/mol. The number of hydrogen-bond donors (Lipinski definition) is 1. The number of nitrogens with zero attached hydrogens (tertiary/aromatic N) is 3. The van der Waals surface area contributed by atoms with E-state index >= 15 is 0 Å². The molecule has 0 spiro atoms.